The van der Waals surface area contributed by atoms with E-state index in [0.717, 1.165) is 43.9 Å². The Labute approximate surface area is 118 Å². The van der Waals surface area contributed by atoms with Gasteiger partial charge in [0.05, 0.1) is 6.61 Å². The quantitative estimate of drug-likeness (QED) is 0.830. The summed E-state index contributed by atoms with van der Waals surface area (Å²) in [5, 5.41) is 3.49. The van der Waals surface area contributed by atoms with Crippen molar-refractivity contribution in [3.8, 4) is 5.75 Å². The molecule has 0 amide bonds. The predicted molar refractivity (Wildman–Crippen MR) is 80.4 cm³/mol. The van der Waals surface area contributed by atoms with E-state index < -0.39 is 10.8 Å². The van der Waals surface area contributed by atoms with Crippen LogP contribution in [0.2, 0.25) is 0 Å². The van der Waals surface area contributed by atoms with Crippen LogP contribution in [0.5, 0.6) is 5.75 Å². The highest BCUT2D eigenvalue weighted by Gasteiger charge is 2.11. The van der Waals surface area contributed by atoms with Crippen molar-refractivity contribution in [2.75, 3.05) is 25.2 Å². The van der Waals surface area contributed by atoms with Gasteiger partial charge in [0.1, 0.15) is 5.75 Å². The van der Waals surface area contributed by atoms with Gasteiger partial charge in [-0.3, -0.25) is 4.21 Å². The molecule has 1 aromatic carbocycles. The highest BCUT2D eigenvalue weighted by molar-refractivity contribution is 7.84. The van der Waals surface area contributed by atoms with Crippen LogP contribution in [0.15, 0.2) is 18.2 Å². The molecule has 2 rings (SSSR count). The number of fused-ring (bicyclic) bond motifs is 1. The Bertz CT molecular complexity index is 448. The second-order valence-corrected chi connectivity index (χ2v) is 6.77. The maximum absolute atomic E-state index is 11.0. The van der Waals surface area contributed by atoms with Crippen molar-refractivity contribution in [1.29, 1.82) is 0 Å². The summed E-state index contributed by atoms with van der Waals surface area (Å²) in [6.45, 7) is 3.95. The van der Waals surface area contributed by atoms with E-state index in [1.54, 1.807) is 6.26 Å². The molecule has 0 saturated heterocycles. The molecule has 2 unspecified atom stereocenters. The molecule has 1 N–H and O–H groups in total. The normalized spacial score (nSPS) is 16.7. The van der Waals surface area contributed by atoms with Gasteiger partial charge in [-0.2, -0.15) is 0 Å². The molecule has 1 heterocycles. The Morgan fingerprint density at radius 3 is 3.11 bits per heavy atom. The summed E-state index contributed by atoms with van der Waals surface area (Å²) in [5.41, 5.74) is 2.70. The number of hydrogen-bond donors (Lipinski definition) is 1. The Balaban J connectivity index is 1.72. The molecule has 0 fully saturated rings. The van der Waals surface area contributed by atoms with E-state index in [9.17, 15) is 4.21 Å². The van der Waals surface area contributed by atoms with Crippen molar-refractivity contribution in [2.24, 2.45) is 0 Å². The van der Waals surface area contributed by atoms with E-state index in [1.807, 2.05) is 0 Å². The molecule has 4 heteroatoms. The van der Waals surface area contributed by atoms with Gasteiger partial charge in [-0.15, -0.1) is 0 Å². The predicted octanol–water partition coefficient (Wildman–Crippen LogP) is 1.91. The van der Waals surface area contributed by atoms with Gasteiger partial charge < -0.3 is 10.1 Å². The molecule has 0 radical (unpaired) electrons. The Morgan fingerprint density at radius 1 is 1.47 bits per heavy atom. The van der Waals surface area contributed by atoms with Crippen LogP contribution in [0.4, 0.5) is 0 Å². The summed E-state index contributed by atoms with van der Waals surface area (Å²) in [5.74, 6) is 1.83. The zero-order chi connectivity index (χ0) is 13.7. The van der Waals surface area contributed by atoms with Gasteiger partial charge >= 0.3 is 0 Å². The van der Waals surface area contributed by atoms with Crippen molar-refractivity contribution in [3.05, 3.63) is 29.3 Å². The molecular weight excluding hydrogens is 258 g/mol. The van der Waals surface area contributed by atoms with E-state index in [4.69, 9.17) is 4.74 Å². The third kappa shape index (κ3) is 4.62. The molecule has 0 spiro atoms. The molecule has 1 aromatic rings. The third-order valence-electron chi connectivity index (χ3n) is 3.50. The molecule has 19 heavy (non-hydrogen) atoms. The fourth-order valence-electron chi connectivity index (χ4n) is 2.30. The minimum atomic E-state index is -0.682. The van der Waals surface area contributed by atoms with E-state index in [-0.39, 0.29) is 0 Å². The van der Waals surface area contributed by atoms with Crippen molar-refractivity contribution >= 4 is 10.8 Å². The van der Waals surface area contributed by atoms with Crippen LogP contribution in [0, 0.1) is 0 Å². The average molecular weight is 281 g/mol. The van der Waals surface area contributed by atoms with Crippen LogP contribution in [-0.2, 0) is 23.6 Å². The van der Waals surface area contributed by atoms with Crippen molar-refractivity contribution in [2.45, 2.75) is 32.2 Å². The van der Waals surface area contributed by atoms with E-state index >= 15 is 0 Å². The molecule has 1 aliphatic heterocycles. The summed E-state index contributed by atoms with van der Waals surface area (Å²) in [4.78, 5) is 0. The highest BCUT2D eigenvalue weighted by atomic mass is 32.2. The Morgan fingerprint density at radius 2 is 2.32 bits per heavy atom. The highest BCUT2D eigenvalue weighted by Crippen LogP contribution is 2.25. The summed E-state index contributed by atoms with van der Waals surface area (Å²) < 4.78 is 16.5. The van der Waals surface area contributed by atoms with Gasteiger partial charge in [-0.1, -0.05) is 12.1 Å². The summed E-state index contributed by atoms with van der Waals surface area (Å²) >= 11 is 0. The molecule has 106 valence electrons. The maximum atomic E-state index is 11.0. The standard InChI is InChI=1S/C15H23NO2S/c1-12(7-10-19(2)17)16-8-5-13-3-4-15-14(11-13)6-9-18-15/h3-4,11-12,16H,5-10H2,1-2H3. The first kappa shape index (κ1) is 14.5. The zero-order valence-electron chi connectivity index (χ0n) is 11.8. The largest absolute Gasteiger partial charge is 0.493 e. The van der Waals surface area contributed by atoms with E-state index in [2.05, 4.69) is 30.4 Å². The summed E-state index contributed by atoms with van der Waals surface area (Å²) in [6.07, 6.45) is 4.81. The molecule has 1 aliphatic rings. The second-order valence-electron chi connectivity index (χ2n) is 5.21. The van der Waals surface area contributed by atoms with Crippen LogP contribution in [0.3, 0.4) is 0 Å². The topological polar surface area (TPSA) is 38.3 Å². The maximum Gasteiger partial charge on any atom is 0.122 e. The van der Waals surface area contributed by atoms with Crippen molar-refractivity contribution in [3.63, 3.8) is 0 Å². The summed E-state index contributed by atoms with van der Waals surface area (Å²) in [7, 11) is -0.682. The monoisotopic (exact) mass is 281 g/mol. The smallest absolute Gasteiger partial charge is 0.122 e. The van der Waals surface area contributed by atoms with Crippen LogP contribution in [0.25, 0.3) is 0 Å². The SMILES string of the molecule is CC(CCS(C)=O)NCCc1ccc2c(c1)CCO2. The molecule has 3 nitrogen and oxygen atoms in total. The molecule has 2 atom stereocenters. The van der Waals surface area contributed by atoms with Gasteiger partial charge in [0.25, 0.3) is 0 Å². The first-order chi connectivity index (χ1) is 9.15. The average Bonchev–Trinajstić information content (AvgIpc) is 2.83. The number of ether oxygens (including phenoxy) is 1. The second kappa shape index (κ2) is 7.06. The lowest BCUT2D eigenvalue weighted by atomic mass is 10.1. The number of benzene rings is 1. The van der Waals surface area contributed by atoms with E-state index in [0.29, 0.717) is 6.04 Å². The third-order valence-corrected chi connectivity index (χ3v) is 4.31. The van der Waals surface area contributed by atoms with Crippen LogP contribution in [-0.4, -0.2) is 35.4 Å². The lowest BCUT2D eigenvalue weighted by Crippen LogP contribution is -2.29. The van der Waals surface area contributed by atoms with Crippen LogP contribution in [0.1, 0.15) is 24.5 Å². The molecular formula is C15H23NO2S. The minimum absolute atomic E-state index is 0.432. The van der Waals surface area contributed by atoms with Crippen molar-refractivity contribution < 1.29 is 8.95 Å². The first-order valence-electron chi connectivity index (χ1n) is 6.93. The number of rotatable bonds is 7. The molecule has 0 aromatic heterocycles. The lowest BCUT2D eigenvalue weighted by molar-refractivity contribution is 0.357. The number of nitrogens with one attached hydrogen (secondary N) is 1. The van der Waals surface area contributed by atoms with Gasteiger partial charge in [0, 0.05) is 35.3 Å². The Hall–Kier alpha value is -0.870. The summed E-state index contributed by atoms with van der Waals surface area (Å²) in [6, 6.07) is 6.93. The molecule has 0 aliphatic carbocycles. The lowest BCUT2D eigenvalue weighted by Gasteiger charge is -2.13. The van der Waals surface area contributed by atoms with E-state index in [1.165, 1.54) is 11.1 Å². The Kier molecular flexibility index (Phi) is 5.40. The fourth-order valence-corrected chi connectivity index (χ4v) is 2.99. The molecule has 0 bridgehead atoms. The van der Waals surface area contributed by atoms with Crippen LogP contribution >= 0.6 is 0 Å². The van der Waals surface area contributed by atoms with Gasteiger partial charge in [-0.25, -0.2) is 0 Å². The number of hydrogen-bond acceptors (Lipinski definition) is 3. The minimum Gasteiger partial charge on any atom is -0.493 e. The van der Waals surface area contributed by atoms with Crippen LogP contribution < -0.4 is 10.1 Å². The van der Waals surface area contributed by atoms with Crippen molar-refractivity contribution in [1.82, 2.24) is 5.32 Å². The van der Waals surface area contributed by atoms with Gasteiger partial charge in [0.15, 0.2) is 0 Å². The van der Waals surface area contributed by atoms with Gasteiger partial charge in [0.2, 0.25) is 0 Å². The first-order valence-corrected chi connectivity index (χ1v) is 8.66. The van der Waals surface area contributed by atoms with Gasteiger partial charge in [-0.05, 0) is 43.5 Å². The fraction of sp³-hybridized carbons (Fsp3) is 0.600. The zero-order valence-corrected chi connectivity index (χ0v) is 12.6. The molecule has 0 saturated carbocycles.